The first kappa shape index (κ1) is 11.5. The Labute approximate surface area is 102 Å². The Balaban J connectivity index is 2.45. The minimum atomic E-state index is -0.355. The molecule has 0 spiro atoms. The van der Waals surface area contributed by atoms with E-state index >= 15 is 0 Å². The van der Waals surface area contributed by atoms with E-state index in [4.69, 9.17) is 22.1 Å². The van der Waals surface area contributed by atoms with Gasteiger partial charge in [0.15, 0.2) is 5.75 Å². The number of hydrogen-bond donors (Lipinski definition) is 1. The van der Waals surface area contributed by atoms with Crippen molar-refractivity contribution in [3.05, 3.63) is 46.0 Å². The maximum atomic E-state index is 11.7. The predicted octanol–water partition coefficient (Wildman–Crippen LogP) is 1.81. The zero-order chi connectivity index (χ0) is 12.4. The van der Waals surface area contributed by atoms with Crippen molar-refractivity contribution in [2.75, 3.05) is 5.73 Å². The molecular formula is C11H10ClN3O2. The molecule has 0 bridgehead atoms. The van der Waals surface area contributed by atoms with Gasteiger partial charge < -0.3 is 15.0 Å². The van der Waals surface area contributed by atoms with Crippen LogP contribution in [0.5, 0.6) is 11.6 Å². The second-order valence-corrected chi connectivity index (χ2v) is 3.82. The summed E-state index contributed by atoms with van der Waals surface area (Å²) in [4.78, 5) is 15.5. The van der Waals surface area contributed by atoms with Crippen LogP contribution < -0.4 is 16.0 Å². The van der Waals surface area contributed by atoms with Crippen molar-refractivity contribution in [2.45, 2.75) is 0 Å². The summed E-state index contributed by atoms with van der Waals surface area (Å²) in [6, 6.07) is 4.95. The Morgan fingerprint density at radius 3 is 2.94 bits per heavy atom. The second kappa shape index (κ2) is 4.47. The monoisotopic (exact) mass is 251 g/mol. The van der Waals surface area contributed by atoms with Gasteiger partial charge in [0.25, 0.3) is 5.88 Å². The fourth-order valence-corrected chi connectivity index (χ4v) is 1.50. The third-order valence-corrected chi connectivity index (χ3v) is 2.48. The van der Waals surface area contributed by atoms with Crippen LogP contribution in [0.25, 0.3) is 0 Å². The molecule has 88 valence electrons. The van der Waals surface area contributed by atoms with Gasteiger partial charge in [-0.2, -0.15) is 0 Å². The summed E-state index contributed by atoms with van der Waals surface area (Å²) in [5, 5.41) is 0.331. The first-order chi connectivity index (χ1) is 8.09. The van der Waals surface area contributed by atoms with Gasteiger partial charge in [-0.1, -0.05) is 17.7 Å². The lowest BCUT2D eigenvalue weighted by Gasteiger charge is -2.08. The average molecular weight is 252 g/mol. The molecule has 0 radical (unpaired) electrons. The number of anilines is 1. The first-order valence-electron chi connectivity index (χ1n) is 4.83. The number of halogens is 1. The Morgan fingerprint density at radius 1 is 1.47 bits per heavy atom. The Morgan fingerprint density at radius 2 is 2.24 bits per heavy atom. The number of para-hydroxylation sites is 1. The van der Waals surface area contributed by atoms with E-state index in [1.165, 1.54) is 17.0 Å². The molecule has 0 atom stereocenters. The predicted molar refractivity (Wildman–Crippen MR) is 65.4 cm³/mol. The van der Waals surface area contributed by atoms with Gasteiger partial charge >= 0.3 is 5.56 Å². The van der Waals surface area contributed by atoms with Gasteiger partial charge in [-0.3, -0.25) is 4.79 Å². The van der Waals surface area contributed by atoms with E-state index in [1.807, 2.05) is 0 Å². The quantitative estimate of drug-likeness (QED) is 0.827. The summed E-state index contributed by atoms with van der Waals surface area (Å²) in [7, 11) is 1.60. The molecule has 5 nitrogen and oxygen atoms in total. The van der Waals surface area contributed by atoms with Crippen molar-refractivity contribution < 1.29 is 4.74 Å². The fraction of sp³-hybridized carbons (Fsp3) is 0.0909. The third kappa shape index (κ3) is 2.24. The van der Waals surface area contributed by atoms with Crippen LogP contribution in [0.1, 0.15) is 0 Å². The highest BCUT2D eigenvalue weighted by Gasteiger charge is 2.11. The number of nitrogens with zero attached hydrogens (tertiary/aromatic N) is 2. The fourth-order valence-electron chi connectivity index (χ4n) is 1.27. The van der Waals surface area contributed by atoms with Crippen LogP contribution in [0.2, 0.25) is 5.02 Å². The second-order valence-electron chi connectivity index (χ2n) is 3.41. The molecule has 0 amide bonds. The summed E-state index contributed by atoms with van der Waals surface area (Å²) in [5.41, 5.74) is 5.71. The van der Waals surface area contributed by atoms with Gasteiger partial charge in [-0.05, 0) is 12.1 Å². The number of ether oxygens (including phenoxy) is 1. The van der Waals surface area contributed by atoms with E-state index in [0.717, 1.165) is 0 Å². The molecule has 2 aromatic rings. The van der Waals surface area contributed by atoms with E-state index < -0.39 is 0 Å². The van der Waals surface area contributed by atoms with Crippen LogP contribution in [-0.4, -0.2) is 9.55 Å². The summed E-state index contributed by atoms with van der Waals surface area (Å²) in [5.74, 6) is 0.180. The number of hydrogen-bond acceptors (Lipinski definition) is 4. The van der Waals surface area contributed by atoms with Crippen LogP contribution in [0.4, 0.5) is 5.69 Å². The molecule has 1 aromatic carbocycles. The molecule has 2 rings (SSSR count). The molecule has 0 aliphatic carbocycles. The SMILES string of the molecule is Cn1ccnc(Oc2c(N)cccc2Cl)c1=O. The Bertz CT molecular complexity index is 590. The molecule has 1 aromatic heterocycles. The number of aryl methyl sites for hydroxylation is 1. The largest absolute Gasteiger partial charge is 0.431 e. The highest BCUT2D eigenvalue weighted by molar-refractivity contribution is 6.32. The van der Waals surface area contributed by atoms with Crippen LogP contribution in [0.3, 0.4) is 0 Å². The van der Waals surface area contributed by atoms with E-state index in [0.29, 0.717) is 10.7 Å². The zero-order valence-corrected chi connectivity index (χ0v) is 9.81. The molecule has 0 unspecified atom stereocenters. The highest BCUT2D eigenvalue weighted by atomic mass is 35.5. The van der Waals surface area contributed by atoms with Crippen LogP contribution in [-0.2, 0) is 7.05 Å². The average Bonchev–Trinajstić information content (AvgIpc) is 2.29. The molecule has 1 heterocycles. The minimum absolute atomic E-state index is 0.0604. The molecule has 0 fully saturated rings. The maximum absolute atomic E-state index is 11.7. The summed E-state index contributed by atoms with van der Waals surface area (Å²) in [6.07, 6.45) is 2.99. The molecule has 2 N–H and O–H groups in total. The zero-order valence-electron chi connectivity index (χ0n) is 9.05. The Kier molecular flexibility index (Phi) is 3.01. The molecule has 0 saturated carbocycles. The molecule has 0 aliphatic heterocycles. The van der Waals surface area contributed by atoms with E-state index in [2.05, 4.69) is 4.98 Å². The lowest BCUT2D eigenvalue weighted by atomic mass is 10.3. The lowest BCUT2D eigenvalue weighted by Crippen LogP contribution is -2.18. The van der Waals surface area contributed by atoms with Crippen LogP contribution in [0, 0.1) is 0 Å². The van der Waals surface area contributed by atoms with Gasteiger partial charge in [0.05, 0.1) is 10.7 Å². The van der Waals surface area contributed by atoms with Gasteiger partial charge in [-0.25, -0.2) is 4.98 Å². The van der Waals surface area contributed by atoms with Crippen molar-refractivity contribution in [1.29, 1.82) is 0 Å². The van der Waals surface area contributed by atoms with Gasteiger partial charge in [0.1, 0.15) is 0 Å². The minimum Gasteiger partial charge on any atom is -0.431 e. The van der Waals surface area contributed by atoms with Crippen molar-refractivity contribution >= 4 is 17.3 Å². The first-order valence-corrected chi connectivity index (χ1v) is 5.21. The number of nitrogen functional groups attached to an aromatic ring is 1. The summed E-state index contributed by atoms with van der Waals surface area (Å²) in [6.45, 7) is 0. The van der Waals surface area contributed by atoms with Gasteiger partial charge in [0.2, 0.25) is 0 Å². The van der Waals surface area contributed by atoms with E-state index in [-0.39, 0.29) is 17.2 Å². The normalized spacial score (nSPS) is 10.2. The number of aromatic nitrogens is 2. The van der Waals surface area contributed by atoms with Gasteiger partial charge in [0, 0.05) is 19.4 Å². The Hall–Kier alpha value is -2.01. The molecule has 0 saturated heterocycles. The molecule has 0 aliphatic rings. The lowest BCUT2D eigenvalue weighted by molar-refractivity contribution is 0.451. The summed E-state index contributed by atoms with van der Waals surface area (Å²) < 4.78 is 6.71. The number of nitrogens with two attached hydrogens (primary N) is 1. The van der Waals surface area contributed by atoms with Crippen molar-refractivity contribution in [2.24, 2.45) is 7.05 Å². The van der Waals surface area contributed by atoms with Crippen molar-refractivity contribution in [3.8, 4) is 11.6 Å². The maximum Gasteiger partial charge on any atom is 0.313 e. The van der Waals surface area contributed by atoms with E-state index in [9.17, 15) is 4.79 Å². The van der Waals surface area contributed by atoms with Crippen LogP contribution in [0.15, 0.2) is 35.4 Å². The molecular weight excluding hydrogens is 242 g/mol. The third-order valence-electron chi connectivity index (χ3n) is 2.18. The highest BCUT2D eigenvalue weighted by Crippen LogP contribution is 2.32. The number of rotatable bonds is 2. The van der Waals surface area contributed by atoms with Gasteiger partial charge in [-0.15, -0.1) is 0 Å². The summed E-state index contributed by atoms with van der Waals surface area (Å²) >= 11 is 5.93. The number of benzene rings is 1. The standard InChI is InChI=1S/C11H10ClN3O2/c1-15-6-5-14-10(11(15)16)17-9-7(12)3-2-4-8(9)13/h2-6H,13H2,1H3. The molecule has 6 heteroatoms. The van der Waals surface area contributed by atoms with E-state index in [1.54, 1.807) is 25.2 Å². The van der Waals surface area contributed by atoms with Crippen molar-refractivity contribution in [3.63, 3.8) is 0 Å². The van der Waals surface area contributed by atoms with Crippen molar-refractivity contribution in [1.82, 2.24) is 9.55 Å². The van der Waals surface area contributed by atoms with Crippen LogP contribution >= 0.6 is 11.6 Å². The molecule has 17 heavy (non-hydrogen) atoms. The smallest absolute Gasteiger partial charge is 0.313 e. The topological polar surface area (TPSA) is 70.1 Å².